The summed E-state index contributed by atoms with van der Waals surface area (Å²) in [5, 5.41) is 2.47. The van der Waals surface area contributed by atoms with Crippen LogP contribution in [0.2, 0.25) is 0 Å². The number of hydrogen-bond donors (Lipinski definition) is 1. The van der Waals surface area contributed by atoms with Gasteiger partial charge in [0.25, 0.3) is 0 Å². The third-order valence-electron chi connectivity index (χ3n) is 2.52. The second kappa shape index (κ2) is 5.56. The number of methoxy groups -OCH3 is 1. The summed E-state index contributed by atoms with van der Waals surface area (Å²) in [6, 6.07) is 7.14. The van der Waals surface area contributed by atoms with Gasteiger partial charge < -0.3 is 14.5 Å². The number of nitrogens with one attached hydrogen (secondary N) is 1. The number of hydrogen-bond acceptors (Lipinski definition) is 4. The molecule has 104 valence electrons. The highest BCUT2D eigenvalue weighted by Gasteiger charge is 2.20. The summed E-state index contributed by atoms with van der Waals surface area (Å²) in [5.41, 5.74) is 0.635. The molecular formula is C14H12FNO4. The lowest BCUT2D eigenvalue weighted by molar-refractivity contribution is -0.114. The van der Waals surface area contributed by atoms with E-state index in [1.807, 2.05) is 0 Å². The van der Waals surface area contributed by atoms with E-state index >= 15 is 0 Å². The lowest BCUT2D eigenvalue weighted by Gasteiger charge is -2.00. The predicted octanol–water partition coefficient (Wildman–Crippen LogP) is 2.83. The summed E-state index contributed by atoms with van der Waals surface area (Å²) in [6.07, 6.45) is 0. The Morgan fingerprint density at radius 3 is 2.65 bits per heavy atom. The molecule has 0 aliphatic heterocycles. The van der Waals surface area contributed by atoms with E-state index in [9.17, 15) is 14.0 Å². The van der Waals surface area contributed by atoms with Gasteiger partial charge in [0.15, 0.2) is 0 Å². The first-order valence-electron chi connectivity index (χ1n) is 5.77. The highest BCUT2D eigenvalue weighted by molar-refractivity contribution is 5.99. The molecule has 0 aliphatic carbocycles. The van der Waals surface area contributed by atoms with Crippen LogP contribution in [0.4, 0.5) is 10.1 Å². The van der Waals surface area contributed by atoms with Crippen molar-refractivity contribution in [3.63, 3.8) is 0 Å². The fourth-order valence-electron chi connectivity index (χ4n) is 1.70. The Balaban J connectivity index is 2.48. The fraction of sp³-hybridized carbons (Fsp3) is 0.143. The van der Waals surface area contributed by atoms with Crippen LogP contribution in [-0.4, -0.2) is 19.0 Å². The molecule has 1 heterocycles. The second-order valence-corrected chi connectivity index (χ2v) is 4.04. The van der Waals surface area contributed by atoms with Gasteiger partial charge >= 0.3 is 5.97 Å². The molecule has 0 atom stereocenters. The van der Waals surface area contributed by atoms with Crippen LogP contribution in [0.3, 0.4) is 0 Å². The van der Waals surface area contributed by atoms with Crippen LogP contribution in [0.25, 0.3) is 11.3 Å². The van der Waals surface area contributed by atoms with Crippen LogP contribution >= 0.6 is 0 Å². The molecule has 0 aliphatic rings. The number of ether oxygens (including phenoxy) is 1. The summed E-state index contributed by atoms with van der Waals surface area (Å²) < 4.78 is 23.1. The molecule has 0 saturated heterocycles. The van der Waals surface area contributed by atoms with Crippen molar-refractivity contribution in [1.29, 1.82) is 0 Å². The topological polar surface area (TPSA) is 68.5 Å². The maximum Gasteiger partial charge on any atom is 0.376 e. The van der Waals surface area contributed by atoms with Gasteiger partial charge in [-0.15, -0.1) is 0 Å². The largest absolute Gasteiger partial charge is 0.463 e. The van der Waals surface area contributed by atoms with Gasteiger partial charge in [-0.1, -0.05) is 12.1 Å². The molecule has 6 heteroatoms. The number of halogens is 1. The van der Waals surface area contributed by atoms with E-state index in [4.69, 9.17) is 4.42 Å². The van der Waals surface area contributed by atoms with Gasteiger partial charge in [-0.2, -0.15) is 0 Å². The van der Waals surface area contributed by atoms with Gasteiger partial charge in [0.05, 0.1) is 12.8 Å². The minimum absolute atomic E-state index is 0.137. The SMILES string of the molecule is COC(=O)c1oc(-c2cccc(F)c2)cc1NC(C)=O. The number of amides is 1. The molecule has 0 unspecified atom stereocenters. The minimum Gasteiger partial charge on any atom is -0.463 e. The highest BCUT2D eigenvalue weighted by Crippen LogP contribution is 2.30. The second-order valence-electron chi connectivity index (χ2n) is 4.04. The average Bonchev–Trinajstić information content (AvgIpc) is 2.81. The van der Waals surface area contributed by atoms with Crippen LogP contribution in [0, 0.1) is 5.82 Å². The molecule has 1 aromatic heterocycles. The van der Waals surface area contributed by atoms with Crippen molar-refractivity contribution in [3.05, 3.63) is 41.9 Å². The van der Waals surface area contributed by atoms with Crippen LogP contribution in [0.15, 0.2) is 34.7 Å². The molecule has 1 aromatic carbocycles. The van der Waals surface area contributed by atoms with Gasteiger partial charge in [0.2, 0.25) is 11.7 Å². The first-order chi connectivity index (χ1) is 9.51. The van der Waals surface area contributed by atoms with Crippen molar-refractivity contribution in [2.75, 3.05) is 12.4 Å². The zero-order valence-electron chi connectivity index (χ0n) is 10.9. The van der Waals surface area contributed by atoms with Crippen molar-refractivity contribution in [3.8, 4) is 11.3 Å². The molecule has 5 nitrogen and oxygen atoms in total. The van der Waals surface area contributed by atoms with Gasteiger partial charge in [-0.05, 0) is 12.1 Å². The van der Waals surface area contributed by atoms with Crippen LogP contribution in [-0.2, 0) is 9.53 Å². The Morgan fingerprint density at radius 2 is 2.05 bits per heavy atom. The molecule has 1 amide bonds. The van der Waals surface area contributed by atoms with Crippen molar-refractivity contribution in [1.82, 2.24) is 0 Å². The number of carbonyl (C=O) groups is 2. The zero-order chi connectivity index (χ0) is 14.7. The number of furan rings is 1. The number of anilines is 1. The van der Waals surface area contributed by atoms with E-state index in [1.165, 1.54) is 38.3 Å². The Labute approximate surface area is 114 Å². The average molecular weight is 277 g/mol. The summed E-state index contributed by atoms with van der Waals surface area (Å²) in [7, 11) is 1.20. The molecule has 2 rings (SSSR count). The molecule has 1 N–H and O–H groups in total. The number of benzene rings is 1. The van der Waals surface area contributed by atoms with Crippen LogP contribution in [0.1, 0.15) is 17.5 Å². The standard InChI is InChI=1S/C14H12FNO4/c1-8(17)16-11-7-12(20-13(11)14(18)19-2)9-4-3-5-10(15)6-9/h3-7H,1-2H3,(H,16,17). The lowest BCUT2D eigenvalue weighted by atomic mass is 10.1. The van der Waals surface area contributed by atoms with Gasteiger partial charge in [-0.3, -0.25) is 4.79 Å². The van der Waals surface area contributed by atoms with Crippen LogP contribution < -0.4 is 5.32 Å². The summed E-state index contributed by atoms with van der Waals surface area (Å²) >= 11 is 0. The maximum absolute atomic E-state index is 13.2. The van der Waals surface area contributed by atoms with Gasteiger partial charge in [-0.25, -0.2) is 9.18 Å². The number of esters is 1. The van der Waals surface area contributed by atoms with E-state index in [1.54, 1.807) is 6.07 Å². The molecule has 2 aromatic rings. The minimum atomic E-state index is -0.726. The zero-order valence-corrected chi connectivity index (χ0v) is 10.9. The van der Waals surface area contributed by atoms with Crippen molar-refractivity contribution >= 4 is 17.6 Å². The third-order valence-corrected chi connectivity index (χ3v) is 2.52. The van der Waals surface area contributed by atoms with E-state index in [-0.39, 0.29) is 23.1 Å². The Kier molecular flexibility index (Phi) is 3.84. The van der Waals surface area contributed by atoms with Gasteiger partial charge in [0.1, 0.15) is 11.6 Å². The normalized spacial score (nSPS) is 10.2. The summed E-state index contributed by atoms with van der Waals surface area (Å²) in [4.78, 5) is 22.7. The van der Waals surface area contributed by atoms with Gasteiger partial charge in [0, 0.05) is 18.6 Å². The fourth-order valence-corrected chi connectivity index (χ4v) is 1.70. The van der Waals surface area contributed by atoms with E-state index in [2.05, 4.69) is 10.1 Å². The molecule has 0 radical (unpaired) electrons. The predicted molar refractivity (Wildman–Crippen MR) is 69.7 cm³/mol. The number of carbonyl (C=O) groups excluding carboxylic acids is 2. The molecular weight excluding hydrogens is 265 g/mol. The first-order valence-corrected chi connectivity index (χ1v) is 5.77. The Bertz CT molecular complexity index is 663. The molecule has 20 heavy (non-hydrogen) atoms. The van der Waals surface area contributed by atoms with Crippen molar-refractivity contribution in [2.45, 2.75) is 6.92 Å². The Morgan fingerprint density at radius 1 is 1.30 bits per heavy atom. The highest BCUT2D eigenvalue weighted by atomic mass is 19.1. The summed E-state index contributed by atoms with van der Waals surface area (Å²) in [6.45, 7) is 1.30. The van der Waals surface area contributed by atoms with Crippen molar-refractivity contribution < 1.29 is 23.1 Å². The quantitative estimate of drug-likeness (QED) is 0.876. The molecule has 0 spiro atoms. The first kappa shape index (κ1) is 13.8. The molecule has 0 fully saturated rings. The smallest absolute Gasteiger partial charge is 0.376 e. The third kappa shape index (κ3) is 2.85. The summed E-state index contributed by atoms with van der Waals surface area (Å²) in [5.74, 6) is -1.40. The molecule has 0 bridgehead atoms. The Hall–Kier alpha value is -2.63. The monoisotopic (exact) mass is 277 g/mol. The molecule has 0 saturated carbocycles. The van der Waals surface area contributed by atoms with E-state index < -0.39 is 11.8 Å². The lowest BCUT2D eigenvalue weighted by Crippen LogP contribution is -2.09. The van der Waals surface area contributed by atoms with E-state index in [0.29, 0.717) is 5.56 Å². The van der Waals surface area contributed by atoms with Crippen molar-refractivity contribution in [2.24, 2.45) is 0 Å². The van der Waals surface area contributed by atoms with E-state index in [0.717, 1.165) is 0 Å². The maximum atomic E-state index is 13.2. The van der Waals surface area contributed by atoms with Crippen LogP contribution in [0.5, 0.6) is 0 Å². The number of rotatable bonds is 3.